The Morgan fingerprint density at radius 1 is 1.00 bits per heavy atom. The molecule has 26 heavy (non-hydrogen) atoms. The molecule has 0 aromatic heterocycles. The lowest BCUT2D eigenvalue weighted by Crippen LogP contribution is -2.31. The number of aryl methyl sites for hydroxylation is 1. The molecule has 2 N–H and O–H groups in total. The number of ether oxygens (including phenoxy) is 3. The van der Waals surface area contributed by atoms with Gasteiger partial charge in [-0.25, -0.2) is 4.99 Å². The van der Waals surface area contributed by atoms with Crippen LogP contribution in [0.25, 0.3) is 0 Å². The van der Waals surface area contributed by atoms with Crippen molar-refractivity contribution >= 4 is 11.6 Å². The topological polar surface area (TPSA) is 64.1 Å². The highest BCUT2D eigenvalue weighted by Gasteiger charge is 2.06. The minimum absolute atomic E-state index is 0.506. The van der Waals surface area contributed by atoms with E-state index in [-0.39, 0.29) is 0 Å². The van der Waals surface area contributed by atoms with E-state index in [4.69, 9.17) is 14.2 Å². The number of rotatable bonds is 8. The van der Waals surface area contributed by atoms with Crippen molar-refractivity contribution in [2.75, 3.05) is 39.2 Å². The van der Waals surface area contributed by atoms with Crippen LogP contribution in [0.3, 0.4) is 0 Å². The lowest BCUT2D eigenvalue weighted by Gasteiger charge is -2.14. The highest BCUT2D eigenvalue weighted by molar-refractivity contribution is 5.93. The van der Waals surface area contributed by atoms with Crippen LogP contribution < -0.4 is 24.8 Å². The summed E-state index contributed by atoms with van der Waals surface area (Å²) in [5.74, 6) is 2.89. The fourth-order valence-corrected chi connectivity index (χ4v) is 2.31. The SMILES string of the molecule is CCNC(=NCCOc1ccc(C)cc1)Nc1ccc(OC)c(OC)c1. The predicted octanol–water partition coefficient (Wildman–Crippen LogP) is 3.47. The molecule has 2 aromatic carbocycles. The minimum Gasteiger partial charge on any atom is -0.493 e. The number of methoxy groups -OCH3 is 2. The Bertz CT molecular complexity index is 715. The summed E-state index contributed by atoms with van der Waals surface area (Å²) in [6.07, 6.45) is 0. The zero-order valence-electron chi connectivity index (χ0n) is 15.8. The van der Waals surface area contributed by atoms with Crippen LogP contribution in [0.5, 0.6) is 17.2 Å². The molecule has 0 aliphatic rings. The van der Waals surface area contributed by atoms with Crippen LogP contribution in [0.15, 0.2) is 47.5 Å². The molecule has 6 nitrogen and oxygen atoms in total. The van der Waals surface area contributed by atoms with Crippen LogP contribution in [-0.2, 0) is 0 Å². The third-order valence-corrected chi connectivity index (χ3v) is 3.64. The largest absolute Gasteiger partial charge is 0.493 e. The van der Waals surface area contributed by atoms with Gasteiger partial charge in [-0.05, 0) is 38.1 Å². The molecule has 0 aliphatic carbocycles. The number of guanidine groups is 1. The van der Waals surface area contributed by atoms with Crippen molar-refractivity contribution in [1.29, 1.82) is 0 Å². The Kier molecular flexibility index (Phi) is 7.61. The fraction of sp³-hybridized carbons (Fsp3) is 0.350. The van der Waals surface area contributed by atoms with E-state index in [1.165, 1.54) is 5.56 Å². The van der Waals surface area contributed by atoms with Crippen LogP contribution in [0.4, 0.5) is 5.69 Å². The van der Waals surface area contributed by atoms with Crippen molar-refractivity contribution in [3.8, 4) is 17.2 Å². The second-order valence-electron chi connectivity index (χ2n) is 5.62. The molecule has 0 spiro atoms. The number of hydrogen-bond donors (Lipinski definition) is 2. The fourth-order valence-electron chi connectivity index (χ4n) is 2.31. The first-order valence-electron chi connectivity index (χ1n) is 8.63. The van der Waals surface area contributed by atoms with E-state index >= 15 is 0 Å². The van der Waals surface area contributed by atoms with Crippen molar-refractivity contribution in [3.05, 3.63) is 48.0 Å². The maximum atomic E-state index is 5.71. The molecule has 2 aromatic rings. The molecule has 0 saturated heterocycles. The molecule has 0 unspecified atom stereocenters. The molecule has 0 atom stereocenters. The highest BCUT2D eigenvalue weighted by atomic mass is 16.5. The molecule has 2 rings (SSSR count). The molecular weight excluding hydrogens is 330 g/mol. The van der Waals surface area contributed by atoms with Crippen molar-refractivity contribution < 1.29 is 14.2 Å². The first-order valence-corrected chi connectivity index (χ1v) is 8.63. The van der Waals surface area contributed by atoms with Gasteiger partial charge in [0.25, 0.3) is 0 Å². The summed E-state index contributed by atoms with van der Waals surface area (Å²) in [7, 11) is 3.23. The standard InChI is InChI=1S/C20H27N3O3/c1-5-21-20(22-12-13-26-17-9-6-15(2)7-10-17)23-16-8-11-18(24-3)19(14-16)25-4/h6-11,14H,5,12-13H2,1-4H3,(H2,21,22,23). The normalized spacial score (nSPS) is 11.0. The summed E-state index contributed by atoms with van der Waals surface area (Å²) in [4.78, 5) is 4.54. The van der Waals surface area contributed by atoms with Crippen molar-refractivity contribution in [2.24, 2.45) is 4.99 Å². The van der Waals surface area contributed by atoms with E-state index < -0.39 is 0 Å². The van der Waals surface area contributed by atoms with Gasteiger partial charge in [0.2, 0.25) is 0 Å². The van der Waals surface area contributed by atoms with E-state index in [1.54, 1.807) is 14.2 Å². The van der Waals surface area contributed by atoms with Gasteiger partial charge in [0.15, 0.2) is 17.5 Å². The summed E-state index contributed by atoms with van der Waals surface area (Å²) < 4.78 is 16.3. The average Bonchev–Trinajstić information content (AvgIpc) is 2.66. The molecule has 6 heteroatoms. The molecule has 0 amide bonds. The van der Waals surface area contributed by atoms with Crippen LogP contribution in [0.1, 0.15) is 12.5 Å². The second-order valence-corrected chi connectivity index (χ2v) is 5.62. The smallest absolute Gasteiger partial charge is 0.195 e. The number of hydrogen-bond acceptors (Lipinski definition) is 4. The van der Waals surface area contributed by atoms with Crippen LogP contribution in [0.2, 0.25) is 0 Å². The Balaban J connectivity index is 1.94. The van der Waals surface area contributed by atoms with E-state index in [0.29, 0.717) is 30.6 Å². The van der Waals surface area contributed by atoms with E-state index in [0.717, 1.165) is 18.0 Å². The Labute approximate surface area is 155 Å². The highest BCUT2D eigenvalue weighted by Crippen LogP contribution is 2.29. The van der Waals surface area contributed by atoms with E-state index in [1.807, 2.05) is 49.4 Å². The lowest BCUT2D eigenvalue weighted by atomic mass is 10.2. The van der Waals surface area contributed by atoms with Crippen LogP contribution >= 0.6 is 0 Å². The molecule has 0 bridgehead atoms. The predicted molar refractivity (Wildman–Crippen MR) is 106 cm³/mol. The summed E-state index contributed by atoms with van der Waals surface area (Å²) in [5, 5.41) is 6.47. The van der Waals surface area contributed by atoms with Gasteiger partial charge in [-0.3, -0.25) is 0 Å². The van der Waals surface area contributed by atoms with E-state index in [9.17, 15) is 0 Å². The van der Waals surface area contributed by atoms with E-state index in [2.05, 4.69) is 22.5 Å². The maximum Gasteiger partial charge on any atom is 0.195 e. The Morgan fingerprint density at radius 2 is 1.73 bits per heavy atom. The molecule has 0 aliphatic heterocycles. The lowest BCUT2D eigenvalue weighted by molar-refractivity contribution is 0.328. The van der Waals surface area contributed by atoms with Gasteiger partial charge in [-0.15, -0.1) is 0 Å². The number of benzene rings is 2. The van der Waals surface area contributed by atoms with Gasteiger partial charge >= 0.3 is 0 Å². The van der Waals surface area contributed by atoms with Crippen molar-refractivity contribution in [3.63, 3.8) is 0 Å². The Morgan fingerprint density at radius 3 is 2.38 bits per heavy atom. The van der Waals surface area contributed by atoms with Crippen molar-refractivity contribution in [1.82, 2.24) is 5.32 Å². The maximum absolute atomic E-state index is 5.71. The molecular formula is C20H27N3O3. The summed E-state index contributed by atoms with van der Waals surface area (Å²) in [6.45, 7) is 5.88. The third kappa shape index (κ3) is 5.88. The van der Waals surface area contributed by atoms with Crippen LogP contribution in [-0.4, -0.2) is 39.9 Å². The second kappa shape index (κ2) is 10.2. The van der Waals surface area contributed by atoms with Gasteiger partial charge in [0.05, 0.1) is 20.8 Å². The first-order chi connectivity index (χ1) is 12.7. The number of aliphatic imine (C=N–C) groups is 1. The molecule has 0 heterocycles. The monoisotopic (exact) mass is 357 g/mol. The van der Waals surface area contributed by atoms with Crippen LogP contribution in [0, 0.1) is 6.92 Å². The molecule has 0 radical (unpaired) electrons. The summed E-state index contributed by atoms with van der Waals surface area (Å²) in [5.41, 5.74) is 2.07. The number of nitrogens with zero attached hydrogens (tertiary/aromatic N) is 1. The van der Waals surface area contributed by atoms with Gasteiger partial charge in [0, 0.05) is 18.3 Å². The number of anilines is 1. The molecule has 0 saturated carbocycles. The van der Waals surface area contributed by atoms with Gasteiger partial charge in [-0.1, -0.05) is 17.7 Å². The molecule has 0 fully saturated rings. The molecule has 140 valence electrons. The minimum atomic E-state index is 0.506. The first kappa shape index (κ1) is 19.4. The zero-order chi connectivity index (χ0) is 18.8. The summed E-state index contributed by atoms with van der Waals surface area (Å²) in [6, 6.07) is 13.6. The van der Waals surface area contributed by atoms with Gasteiger partial charge < -0.3 is 24.8 Å². The zero-order valence-corrected chi connectivity index (χ0v) is 15.8. The third-order valence-electron chi connectivity index (χ3n) is 3.64. The average molecular weight is 357 g/mol. The van der Waals surface area contributed by atoms with Gasteiger partial charge in [-0.2, -0.15) is 0 Å². The Hall–Kier alpha value is -2.89. The number of nitrogens with one attached hydrogen (secondary N) is 2. The van der Waals surface area contributed by atoms with Crippen molar-refractivity contribution in [2.45, 2.75) is 13.8 Å². The quantitative estimate of drug-likeness (QED) is 0.430. The van der Waals surface area contributed by atoms with Gasteiger partial charge in [0.1, 0.15) is 12.4 Å². The summed E-state index contributed by atoms with van der Waals surface area (Å²) >= 11 is 0.